The molecule has 0 heterocycles. The molecule has 0 saturated heterocycles. The van der Waals surface area contributed by atoms with Crippen molar-refractivity contribution in [2.24, 2.45) is 0 Å². The van der Waals surface area contributed by atoms with Gasteiger partial charge in [-0.1, -0.05) is 12.1 Å². The summed E-state index contributed by atoms with van der Waals surface area (Å²) in [6.07, 6.45) is 1.17. The smallest absolute Gasteiger partial charge is 0.318 e. The van der Waals surface area contributed by atoms with Crippen molar-refractivity contribution < 1.29 is 29.0 Å². The highest BCUT2D eigenvalue weighted by molar-refractivity contribution is 6.10. The number of non-ortho nitro benzene ring substituents is 1. The minimum absolute atomic E-state index is 0.0509. The fourth-order valence-electron chi connectivity index (χ4n) is 3.23. The van der Waals surface area contributed by atoms with Crippen LogP contribution in [0, 0.1) is 48.6 Å². The summed E-state index contributed by atoms with van der Waals surface area (Å²) >= 11 is 0. The lowest BCUT2D eigenvalue weighted by molar-refractivity contribution is -0.394. The predicted octanol–water partition coefficient (Wildman–Crippen LogP) is 5.07. The second-order valence-corrected chi connectivity index (χ2v) is 7.58. The molecular weight excluding hydrogens is 502 g/mol. The third-order valence-electron chi connectivity index (χ3n) is 5.03. The first-order valence-electron chi connectivity index (χ1n) is 10.5. The molecule has 14 nitrogen and oxygen atoms in total. The Kier molecular flexibility index (Phi) is 7.93. The number of carbonyl (C=O) groups is 1. The van der Waals surface area contributed by atoms with Gasteiger partial charge in [-0.05, 0) is 48.4 Å². The summed E-state index contributed by atoms with van der Waals surface area (Å²) < 4.78 is 10.8. The number of benzene rings is 3. The van der Waals surface area contributed by atoms with Crippen molar-refractivity contribution >= 4 is 34.7 Å². The Labute approximate surface area is 213 Å². The van der Waals surface area contributed by atoms with E-state index in [0.29, 0.717) is 5.56 Å². The van der Waals surface area contributed by atoms with Gasteiger partial charge in [-0.3, -0.25) is 35.1 Å². The predicted molar refractivity (Wildman–Crippen MR) is 133 cm³/mol. The van der Waals surface area contributed by atoms with Crippen LogP contribution in [0.3, 0.4) is 0 Å². The fourth-order valence-corrected chi connectivity index (χ4v) is 3.23. The zero-order valence-corrected chi connectivity index (χ0v) is 19.7. The van der Waals surface area contributed by atoms with Gasteiger partial charge in [-0.15, -0.1) is 0 Å². The van der Waals surface area contributed by atoms with Gasteiger partial charge in [-0.2, -0.15) is 5.26 Å². The van der Waals surface area contributed by atoms with Crippen LogP contribution in [0.5, 0.6) is 17.2 Å². The summed E-state index contributed by atoms with van der Waals surface area (Å²) in [7, 11) is 1.31. The monoisotopic (exact) mass is 519 g/mol. The van der Waals surface area contributed by atoms with Gasteiger partial charge in [0.15, 0.2) is 11.5 Å². The van der Waals surface area contributed by atoms with Crippen molar-refractivity contribution in [3.05, 3.63) is 102 Å². The van der Waals surface area contributed by atoms with Crippen LogP contribution in [0.15, 0.2) is 60.2 Å². The second kappa shape index (κ2) is 11.3. The molecule has 0 aliphatic rings. The topological polar surface area (TPSA) is 201 Å². The minimum atomic E-state index is -0.913. The van der Waals surface area contributed by atoms with E-state index in [-0.39, 0.29) is 34.2 Å². The summed E-state index contributed by atoms with van der Waals surface area (Å²) in [6.45, 7) is 1.65. The maximum absolute atomic E-state index is 12.7. The van der Waals surface area contributed by atoms with E-state index in [1.165, 1.54) is 43.5 Å². The van der Waals surface area contributed by atoms with Crippen molar-refractivity contribution in [2.75, 3.05) is 12.4 Å². The second-order valence-electron chi connectivity index (χ2n) is 7.58. The number of methoxy groups -OCH3 is 1. The molecule has 0 atom stereocenters. The lowest BCUT2D eigenvalue weighted by atomic mass is 10.1. The molecule has 0 bridgehead atoms. The number of ether oxygens (including phenoxy) is 2. The lowest BCUT2D eigenvalue weighted by Crippen LogP contribution is -2.14. The van der Waals surface area contributed by atoms with E-state index in [1.807, 2.05) is 0 Å². The zero-order valence-electron chi connectivity index (χ0n) is 19.7. The van der Waals surface area contributed by atoms with Crippen molar-refractivity contribution in [2.45, 2.75) is 6.92 Å². The van der Waals surface area contributed by atoms with Gasteiger partial charge in [0.25, 0.3) is 17.3 Å². The SMILES string of the molecule is COc1ccc(/C=C(\C#N)C(=O)Nc2ccc(C)cc2[N+](=O)[O-])cc1Oc1ccc([N+](=O)[O-])cc1[N+](=O)[O-]. The number of nitrogens with zero attached hydrogens (tertiary/aromatic N) is 4. The van der Waals surface area contributed by atoms with Gasteiger partial charge in [-0.25, -0.2) is 0 Å². The van der Waals surface area contributed by atoms with Gasteiger partial charge in [0.05, 0.1) is 27.9 Å². The Balaban J connectivity index is 1.96. The number of amides is 1. The Morgan fingerprint density at radius 2 is 1.58 bits per heavy atom. The summed E-state index contributed by atoms with van der Waals surface area (Å²) in [4.78, 5) is 44.2. The van der Waals surface area contributed by atoms with E-state index in [9.17, 15) is 40.4 Å². The molecule has 0 radical (unpaired) electrons. The number of hydrogen-bond donors (Lipinski definition) is 1. The van der Waals surface area contributed by atoms with Crippen LogP contribution in [0.1, 0.15) is 11.1 Å². The zero-order chi connectivity index (χ0) is 28.0. The number of carbonyl (C=O) groups excluding carboxylic acids is 1. The molecule has 3 rings (SSSR count). The number of aryl methyl sites for hydroxylation is 1. The number of rotatable bonds is 9. The van der Waals surface area contributed by atoms with Gasteiger partial charge >= 0.3 is 5.69 Å². The van der Waals surface area contributed by atoms with E-state index >= 15 is 0 Å². The number of nitrogens with one attached hydrogen (secondary N) is 1. The molecule has 3 aromatic rings. The van der Waals surface area contributed by atoms with Crippen LogP contribution in [0.25, 0.3) is 6.08 Å². The molecule has 1 amide bonds. The molecule has 0 fully saturated rings. The first kappa shape index (κ1) is 26.8. The molecule has 0 saturated carbocycles. The number of nitro benzene ring substituents is 3. The van der Waals surface area contributed by atoms with Crippen LogP contribution < -0.4 is 14.8 Å². The normalized spacial score (nSPS) is 10.7. The molecule has 38 heavy (non-hydrogen) atoms. The van der Waals surface area contributed by atoms with Crippen molar-refractivity contribution in [3.63, 3.8) is 0 Å². The van der Waals surface area contributed by atoms with Gasteiger partial charge in [0.1, 0.15) is 17.3 Å². The standard InChI is InChI=1S/C24H17N5O9/c1-14-3-6-18(19(9-14)28(33)34)26-24(30)16(13-25)10-15-4-7-22(37-2)23(11-15)38-21-8-5-17(27(31)32)12-20(21)29(35)36/h3-12H,1-2H3,(H,26,30)/b16-10+. The molecule has 0 aromatic heterocycles. The van der Waals surface area contributed by atoms with Crippen molar-refractivity contribution in [1.82, 2.24) is 0 Å². The molecule has 1 N–H and O–H groups in total. The highest BCUT2D eigenvalue weighted by Crippen LogP contribution is 2.38. The first-order valence-corrected chi connectivity index (χ1v) is 10.5. The van der Waals surface area contributed by atoms with Crippen LogP contribution >= 0.6 is 0 Å². The molecule has 14 heteroatoms. The molecule has 0 spiro atoms. The highest BCUT2D eigenvalue weighted by Gasteiger charge is 2.23. The number of hydrogen-bond acceptors (Lipinski definition) is 10. The summed E-state index contributed by atoms with van der Waals surface area (Å²) in [5, 5.41) is 45.6. The number of nitro groups is 3. The van der Waals surface area contributed by atoms with Crippen LogP contribution in [0.2, 0.25) is 0 Å². The molecule has 3 aromatic carbocycles. The minimum Gasteiger partial charge on any atom is -0.493 e. The molecular formula is C24H17N5O9. The van der Waals surface area contributed by atoms with Crippen molar-refractivity contribution in [3.8, 4) is 23.3 Å². The maximum Gasteiger partial charge on any atom is 0.318 e. The highest BCUT2D eigenvalue weighted by atomic mass is 16.6. The molecule has 0 unspecified atom stereocenters. The van der Waals surface area contributed by atoms with Crippen LogP contribution in [-0.4, -0.2) is 27.8 Å². The Morgan fingerprint density at radius 1 is 0.895 bits per heavy atom. The third-order valence-corrected chi connectivity index (χ3v) is 5.03. The lowest BCUT2D eigenvalue weighted by Gasteiger charge is -2.11. The molecule has 0 aliphatic heterocycles. The van der Waals surface area contributed by atoms with Crippen molar-refractivity contribution in [1.29, 1.82) is 5.26 Å². The number of nitriles is 1. The summed E-state index contributed by atoms with van der Waals surface area (Å²) in [6, 6.07) is 12.9. The van der Waals surface area contributed by atoms with E-state index in [4.69, 9.17) is 9.47 Å². The number of anilines is 1. The Bertz CT molecular complexity index is 1540. The third kappa shape index (κ3) is 6.04. The maximum atomic E-state index is 12.7. The van der Waals surface area contributed by atoms with E-state index in [1.54, 1.807) is 19.1 Å². The average molecular weight is 519 g/mol. The van der Waals surface area contributed by atoms with E-state index in [2.05, 4.69) is 5.32 Å². The fraction of sp³-hybridized carbons (Fsp3) is 0.0833. The quantitative estimate of drug-likeness (QED) is 0.172. The first-order chi connectivity index (χ1) is 18.0. The van der Waals surface area contributed by atoms with E-state index in [0.717, 1.165) is 18.2 Å². The summed E-state index contributed by atoms with van der Waals surface area (Å²) in [5.74, 6) is -1.15. The van der Waals surface area contributed by atoms with Gasteiger partial charge in [0.2, 0.25) is 5.75 Å². The van der Waals surface area contributed by atoms with Crippen LogP contribution in [-0.2, 0) is 4.79 Å². The molecule has 0 aliphatic carbocycles. The van der Waals surface area contributed by atoms with Gasteiger partial charge < -0.3 is 14.8 Å². The Morgan fingerprint density at radius 3 is 2.18 bits per heavy atom. The van der Waals surface area contributed by atoms with Gasteiger partial charge in [0, 0.05) is 12.1 Å². The summed E-state index contributed by atoms with van der Waals surface area (Å²) in [5.41, 5.74) is -1.18. The van der Waals surface area contributed by atoms with E-state index < -0.39 is 37.6 Å². The Hall–Kier alpha value is -5.84. The molecule has 192 valence electrons. The van der Waals surface area contributed by atoms with Crippen LogP contribution in [0.4, 0.5) is 22.7 Å². The average Bonchev–Trinajstić information content (AvgIpc) is 2.88. The largest absolute Gasteiger partial charge is 0.493 e.